The minimum absolute atomic E-state index is 0.00251. The van der Waals surface area contributed by atoms with Gasteiger partial charge in [-0.1, -0.05) is 12.1 Å². The Kier molecular flexibility index (Phi) is 7.31. The summed E-state index contributed by atoms with van der Waals surface area (Å²) in [6.07, 6.45) is 6.38. The van der Waals surface area contributed by atoms with Gasteiger partial charge in [0.05, 0.1) is 18.7 Å². The predicted molar refractivity (Wildman–Crippen MR) is 126 cm³/mol. The molecule has 11 heteroatoms. The molecule has 1 aromatic carbocycles. The first kappa shape index (κ1) is 23.6. The summed E-state index contributed by atoms with van der Waals surface area (Å²) < 4.78 is 7.26. The van der Waals surface area contributed by atoms with Gasteiger partial charge >= 0.3 is 0 Å². The second-order valence-electron chi connectivity index (χ2n) is 8.40. The van der Waals surface area contributed by atoms with Crippen LogP contribution in [0.3, 0.4) is 0 Å². The highest BCUT2D eigenvalue weighted by molar-refractivity contribution is 5.96. The maximum atomic E-state index is 12.6. The highest BCUT2D eigenvalue weighted by Crippen LogP contribution is 2.19. The van der Waals surface area contributed by atoms with Gasteiger partial charge in [-0.3, -0.25) is 9.59 Å². The fraction of sp³-hybridized carbons (Fsp3) is 0.478. The number of fused-ring (bicyclic) bond motifs is 1. The van der Waals surface area contributed by atoms with Crippen LogP contribution in [0.1, 0.15) is 35.7 Å². The van der Waals surface area contributed by atoms with Crippen molar-refractivity contribution >= 4 is 28.8 Å². The minimum Gasteiger partial charge on any atom is -0.370 e. The van der Waals surface area contributed by atoms with Crippen LogP contribution >= 0.6 is 0 Å². The van der Waals surface area contributed by atoms with Crippen LogP contribution in [-0.4, -0.2) is 81.1 Å². The second-order valence-corrected chi connectivity index (χ2v) is 8.40. The van der Waals surface area contributed by atoms with E-state index < -0.39 is 5.91 Å². The van der Waals surface area contributed by atoms with Crippen molar-refractivity contribution in [3.8, 4) is 0 Å². The molecule has 0 atom stereocenters. The number of carbonyl (C=O) groups excluding carboxylic acids is 2. The lowest BCUT2D eigenvalue weighted by Gasteiger charge is -2.36. The van der Waals surface area contributed by atoms with Gasteiger partial charge in [0.1, 0.15) is 12.1 Å². The van der Waals surface area contributed by atoms with Gasteiger partial charge < -0.3 is 20.3 Å². The third-order valence-electron chi connectivity index (χ3n) is 6.26. The van der Waals surface area contributed by atoms with E-state index in [1.807, 2.05) is 19.4 Å². The van der Waals surface area contributed by atoms with Crippen LogP contribution in [0.4, 0.5) is 5.95 Å². The zero-order valence-electron chi connectivity index (χ0n) is 19.6. The van der Waals surface area contributed by atoms with Crippen LogP contribution in [0.25, 0.3) is 11.0 Å². The summed E-state index contributed by atoms with van der Waals surface area (Å²) >= 11 is 0. The van der Waals surface area contributed by atoms with Crippen molar-refractivity contribution in [1.29, 1.82) is 0 Å². The molecule has 2 aromatic heterocycles. The Morgan fingerprint density at radius 1 is 1.21 bits per heavy atom. The van der Waals surface area contributed by atoms with E-state index in [2.05, 4.69) is 32.1 Å². The van der Waals surface area contributed by atoms with Crippen molar-refractivity contribution in [3.05, 3.63) is 41.7 Å². The van der Waals surface area contributed by atoms with Gasteiger partial charge in [0.2, 0.25) is 17.8 Å². The van der Waals surface area contributed by atoms with Crippen LogP contribution in [0.2, 0.25) is 0 Å². The molecular formula is C23H30N8O3. The van der Waals surface area contributed by atoms with E-state index in [0.717, 1.165) is 43.9 Å². The molecule has 180 valence electrons. The van der Waals surface area contributed by atoms with Crippen LogP contribution in [0.5, 0.6) is 0 Å². The summed E-state index contributed by atoms with van der Waals surface area (Å²) in [7, 11) is 1.83. The topological polar surface area (TPSA) is 132 Å². The Balaban J connectivity index is 1.22. The summed E-state index contributed by atoms with van der Waals surface area (Å²) in [5.41, 5.74) is 8.23. The molecule has 1 fully saturated rings. The third-order valence-corrected chi connectivity index (χ3v) is 6.26. The van der Waals surface area contributed by atoms with Gasteiger partial charge in [-0.05, 0) is 43.0 Å². The molecule has 1 aliphatic heterocycles. The number of rotatable bonds is 9. The van der Waals surface area contributed by atoms with E-state index in [9.17, 15) is 9.59 Å². The van der Waals surface area contributed by atoms with E-state index in [4.69, 9.17) is 10.5 Å². The Labute approximate surface area is 197 Å². The molecule has 2 N–H and O–H groups in total. The average molecular weight is 467 g/mol. The number of ether oxygens (including phenoxy) is 1. The second kappa shape index (κ2) is 10.6. The zero-order valence-corrected chi connectivity index (χ0v) is 19.6. The minimum atomic E-state index is -0.507. The van der Waals surface area contributed by atoms with Gasteiger partial charge in [-0.15, -0.1) is 5.10 Å². The van der Waals surface area contributed by atoms with Crippen LogP contribution in [0, 0.1) is 0 Å². The molecule has 0 radical (unpaired) electrons. The molecule has 0 unspecified atom stereocenters. The molecule has 3 heterocycles. The highest BCUT2D eigenvalue weighted by Gasteiger charge is 2.26. The van der Waals surface area contributed by atoms with Crippen molar-refractivity contribution in [2.24, 2.45) is 5.73 Å². The lowest BCUT2D eigenvalue weighted by molar-refractivity contribution is -0.137. The van der Waals surface area contributed by atoms with Crippen LogP contribution in [-0.2, 0) is 22.5 Å². The van der Waals surface area contributed by atoms with Gasteiger partial charge in [0, 0.05) is 44.1 Å². The summed E-state index contributed by atoms with van der Waals surface area (Å²) in [6.45, 7) is 4.39. The molecule has 0 spiro atoms. The molecule has 0 saturated carbocycles. The number of aromatic nitrogens is 5. The number of hydrogen-bond donors (Lipinski definition) is 1. The number of piperidine rings is 1. The summed E-state index contributed by atoms with van der Waals surface area (Å²) in [5.74, 6) is 0.185. The Bertz CT molecular complexity index is 1140. The number of hydrogen-bond acceptors (Lipinski definition) is 8. The normalized spacial score (nSPS) is 14.5. The number of amides is 2. The lowest BCUT2D eigenvalue weighted by atomic mass is 10.0. The number of likely N-dealkylation sites (N-methyl/N-ethyl adjacent to an activating group) is 1. The molecule has 3 aromatic rings. The molecule has 11 nitrogen and oxygen atoms in total. The lowest BCUT2D eigenvalue weighted by Crippen LogP contribution is -2.47. The number of primary amides is 1. The SMILES string of the molecule is CCc1cnc(N2CCC(N(C)C(=O)COCCn3nnc4ccc(C(N)=O)cc43)CC2)nc1. The summed E-state index contributed by atoms with van der Waals surface area (Å²) in [4.78, 5) is 36.9. The molecule has 0 aliphatic carbocycles. The standard InChI is InChI=1S/C23H30N8O3/c1-3-16-13-25-23(26-14-16)30-8-6-18(7-9-30)29(2)21(32)15-34-11-10-31-20-12-17(22(24)33)4-5-19(20)27-28-31/h4-5,12-14,18H,3,6-11,15H2,1-2H3,(H2,24,33). The van der Waals surface area contributed by atoms with Crippen molar-refractivity contribution in [2.75, 3.05) is 38.3 Å². The van der Waals surface area contributed by atoms with Crippen molar-refractivity contribution in [1.82, 2.24) is 29.9 Å². The molecule has 0 bridgehead atoms. The van der Waals surface area contributed by atoms with E-state index in [1.165, 1.54) is 0 Å². The Morgan fingerprint density at radius 2 is 1.94 bits per heavy atom. The fourth-order valence-electron chi connectivity index (χ4n) is 4.05. The third kappa shape index (κ3) is 5.30. The fourth-order valence-corrected chi connectivity index (χ4v) is 4.05. The van der Waals surface area contributed by atoms with Gasteiger partial charge in [0.15, 0.2) is 0 Å². The maximum Gasteiger partial charge on any atom is 0.248 e. The van der Waals surface area contributed by atoms with E-state index in [-0.39, 0.29) is 18.6 Å². The number of nitrogens with zero attached hydrogens (tertiary/aromatic N) is 7. The van der Waals surface area contributed by atoms with Crippen molar-refractivity contribution < 1.29 is 14.3 Å². The first-order valence-corrected chi connectivity index (χ1v) is 11.5. The number of anilines is 1. The molecule has 2 amide bonds. The van der Waals surface area contributed by atoms with Crippen LogP contribution in [0.15, 0.2) is 30.6 Å². The largest absolute Gasteiger partial charge is 0.370 e. The smallest absolute Gasteiger partial charge is 0.248 e. The first-order chi connectivity index (χ1) is 16.5. The van der Waals surface area contributed by atoms with Crippen LogP contribution < -0.4 is 10.6 Å². The van der Waals surface area contributed by atoms with Gasteiger partial charge in [-0.2, -0.15) is 0 Å². The monoisotopic (exact) mass is 466 g/mol. The molecule has 1 aliphatic rings. The van der Waals surface area contributed by atoms with Crippen molar-refractivity contribution in [2.45, 2.75) is 38.8 Å². The molecule has 4 rings (SSSR count). The number of nitrogens with two attached hydrogens (primary N) is 1. The number of benzene rings is 1. The number of carbonyl (C=O) groups is 2. The summed E-state index contributed by atoms with van der Waals surface area (Å²) in [6, 6.07) is 5.14. The van der Waals surface area contributed by atoms with Crippen molar-refractivity contribution in [3.63, 3.8) is 0 Å². The maximum absolute atomic E-state index is 12.6. The molecular weight excluding hydrogens is 436 g/mol. The number of aryl methyl sites for hydroxylation is 1. The average Bonchev–Trinajstić information content (AvgIpc) is 3.28. The Hall–Kier alpha value is -3.60. The predicted octanol–water partition coefficient (Wildman–Crippen LogP) is 1.03. The highest BCUT2D eigenvalue weighted by atomic mass is 16.5. The first-order valence-electron chi connectivity index (χ1n) is 11.5. The van der Waals surface area contributed by atoms with Gasteiger partial charge in [-0.25, -0.2) is 14.6 Å². The quantitative estimate of drug-likeness (QED) is 0.462. The molecule has 34 heavy (non-hydrogen) atoms. The zero-order chi connectivity index (χ0) is 24.1. The summed E-state index contributed by atoms with van der Waals surface area (Å²) in [5, 5.41) is 8.16. The molecule has 1 saturated heterocycles. The Morgan fingerprint density at radius 3 is 2.62 bits per heavy atom. The van der Waals surface area contributed by atoms with E-state index in [0.29, 0.717) is 29.7 Å². The van der Waals surface area contributed by atoms with E-state index in [1.54, 1.807) is 27.8 Å². The van der Waals surface area contributed by atoms with E-state index >= 15 is 0 Å². The van der Waals surface area contributed by atoms with Gasteiger partial charge in [0.25, 0.3) is 0 Å².